The Bertz CT molecular complexity index is 924. The lowest BCUT2D eigenvalue weighted by atomic mass is 10.00. The summed E-state index contributed by atoms with van der Waals surface area (Å²) in [6, 6.07) is 13.1. The van der Waals surface area contributed by atoms with Crippen LogP contribution in [0.15, 0.2) is 47.5 Å². The normalized spacial score (nSPS) is 13.3. The standard InChI is InChI=1S/C22H26F2N4O2.HI/c1-15-7-8-19(30-21(23)24)18(11-15)12-26-22(25-2)27-13-20(29)28-10-9-16-5-3-4-6-17(16)14-28;/h3-8,11,21H,9-10,12-14H2,1-2H3,(H2,25,26,27);1H. The minimum atomic E-state index is -2.89. The van der Waals surface area contributed by atoms with E-state index in [0.717, 1.165) is 12.0 Å². The van der Waals surface area contributed by atoms with Crippen LogP contribution in [-0.4, -0.2) is 43.5 Å². The molecule has 0 bridgehead atoms. The maximum atomic E-state index is 12.6. The van der Waals surface area contributed by atoms with Crippen molar-refractivity contribution in [2.24, 2.45) is 4.99 Å². The second-order valence-electron chi connectivity index (χ2n) is 7.10. The minimum absolute atomic E-state index is 0. The Morgan fingerprint density at radius 2 is 1.94 bits per heavy atom. The molecule has 0 fully saturated rings. The first kappa shape index (κ1) is 24.8. The van der Waals surface area contributed by atoms with Crippen molar-refractivity contribution in [1.82, 2.24) is 15.5 Å². The number of carbonyl (C=O) groups excluding carboxylic acids is 1. The molecule has 6 nitrogen and oxygen atoms in total. The smallest absolute Gasteiger partial charge is 0.387 e. The van der Waals surface area contributed by atoms with E-state index >= 15 is 0 Å². The second-order valence-corrected chi connectivity index (χ2v) is 7.10. The molecule has 2 aromatic rings. The van der Waals surface area contributed by atoms with Crippen LogP contribution in [0.3, 0.4) is 0 Å². The van der Waals surface area contributed by atoms with Gasteiger partial charge in [-0.25, -0.2) is 0 Å². The third-order valence-electron chi connectivity index (χ3n) is 4.99. The maximum absolute atomic E-state index is 12.6. The Labute approximate surface area is 198 Å². The van der Waals surface area contributed by atoms with Gasteiger partial charge in [0, 0.05) is 32.2 Å². The largest absolute Gasteiger partial charge is 0.434 e. The lowest BCUT2D eigenvalue weighted by molar-refractivity contribution is -0.130. The Kier molecular flexibility index (Phi) is 9.47. The number of amides is 1. The third kappa shape index (κ3) is 7.05. The average molecular weight is 544 g/mol. The fourth-order valence-electron chi connectivity index (χ4n) is 3.44. The highest BCUT2D eigenvalue weighted by molar-refractivity contribution is 14.0. The number of halogens is 3. The zero-order chi connectivity index (χ0) is 21.5. The first-order chi connectivity index (χ1) is 14.5. The highest BCUT2D eigenvalue weighted by Crippen LogP contribution is 2.22. The van der Waals surface area contributed by atoms with E-state index in [0.29, 0.717) is 24.6 Å². The molecule has 0 saturated heterocycles. The molecular weight excluding hydrogens is 517 g/mol. The SMILES string of the molecule is CN=C(NCC(=O)N1CCc2ccccc2C1)NCc1cc(C)ccc1OC(F)F.I. The number of carbonyl (C=O) groups is 1. The molecule has 0 spiro atoms. The zero-order valence-corrected chi connectivity index (χ0v) is 19.9. The number of guanidine groups is 1. The highest BCUT2D eigenvalue weighted by atomic mass is 127. The topological polar surface area (TPSA) is 66.0 Å². The molecule has 31 heavy (non-hydrogen) atoms. The zero-order valence-electron chi connectivity index (χ0n) is 17.5. The van der Waals surface area contributed by atoms with Gasteiger partial charge in [-0.15, -0.1) is 24.0 Å². The van der Waals surface area contributed by atoms with Crippen LogP contribution in [-0.2, 0) is 24.3 Å². The van der Waals surface area contributed by atoms with Gasteiger partial charge in [0.25, 0.3) is 0 Å². The van der Waals surface area contributed by atoms with Crippen LogP contribution in [0.4, 0.5) is 8.78 Å². The van der Waals surface area contributed by atoms with Gasteiger partial charge in [0.15, 0.2) is 5.96 Å². The average Bonchev–Trinajstić information content (AvgIpc) is 2.74. The molecule has 1 amide bonds. The molecule has 0 saturated carbocycles. The van der Waals surface area contributed by atoms with Crippen molar-refractivity contribution in [3.63, 3.8) is 0 Å². The number of nitrogens with one attached hydrogen (secondary N) is 2. The van der Waals surface area contributed by atoms with Gasteiger partial charge >= 0.3 is 6.61 Å². The van der Waals surface area contributed by atoms with Crippen LogP contribution in [0.1, 0.15) is 22.3 Å². The Hall–Kier alpha value is -2.43. The molecular formula is C22H27F2IN4O2. The van der Waals surface area contributed by atoms with Gasteiger partial charge < -0.3 is 20.3 Å². The summed E-state index contributed by atoms with van der Waals surface area (Å²) in [4.78, 5) is 18.5. The predicted octanol–water partition coefficient (Wildman–Crippen LogP) is 3.46. The van der Waals surface area contributed by atoms with Crippen molar-refractivity contribution < 1.29 is 18.3 Å². The number of benzene rings is 2. The molecule has 3 rings (SSSR count). The number of rotatable bonds is 6. The van der Waals surface area contributed by atoms with E-state index in [2.05, 4.69) is 26.4 Å². The number of hydrogen-bond donors (Lipinski definition) is 2. The number of nitrogens with zero attached hydrogens (tertiary/aromatic N) is 2. The number of alkyl halides is 2. The summed E-state index contributed by atoms with van der Waals surface area (Å²) in [6.45, 7) is 0.584. The number of aliphatic imine (C=N–C) groups is 1. The van der Waals surface area contributed by atoms with E-state index in [-0.39, 0.29) is 48.7 Å². The van der Waals surface area contributed by atoms with Crippen molar-refractivity contribution in [3.8, 4) is 5.75 Å². The molecule has 2 N–H and O–H groups in total. The van der Waals surface area contributed by atoms with Crippen LogP contribution >= 0.6 is 24.0 Å². The molecule has 168 valence electrons. The summed E-state index contributed by atoms with van der Waals surface area (Å²) in [5.74, 6) is 0.497. The van der Waals surface area contributed by atoms with Gasteiger partial charge in [0.2, 0.25) is 5.91 Å². The van der Waals surface area contributed by atoms with Crippen molar-refractivity contribution in [1.29, 1.82) is 0 Å². The molecule has 9 heteroatoms. The van der Waals surface area contributed by atoms with Gasteiger partial charge in [0.1, 0.15) is 5.75 Å². The van der Waals surface area contributed by atoms with Gasteiger partial charge in [-0.05, 0) is 30.5 Å². The number of fused-ring (bicyclic) bond motifs is 1. The third-order valence-corrected chi connectivity index (χ3v) is 4.99. The van der Waals surface area contributed by atoms with Crippen LogP contribution in [0.5, 0.6) is 5.75 Å². The second kappa shape index (κ2) is 11.8. The molecule has 1 aliphatic rings. The van der Waals surface area contributed by atoms with E-state index in [9.17, 15) is 13.6 Å². The van der Waals surface area contributed by atoms with Gasteiger partial charge in [-0.2, -0.15) is 8.78 Å². The molecule has 0 atom stereocenters. The lowest BCUT2D eigenvalue weighted by Crippen LogP contribution is -2.45. The highest BCUT2D eigenvalue weighted by Gasteiger charge is 2.20. The summed E-state index contributed by atoms with van der Waals surface area (Å²) in [7, 11) is 1.59. The van der Waals surface area contributed by atoms with E-state index in [1.165, 1.54) is 17.2 Å². The molecule has 1 aliphatic heterocycles. The summed E-state index contributed by atoms with van der Waals surface area (Å²) in [5, 5.41) is 6.04. The van der Waals surface area contributed by atoms with Crippen molar-refractivity contribution in [2.45, 2.75) is 33.0 Å². The Balaban J connectivity index is 0.00000341. The van der Waals surface area contributed by atoms with Gasteiger partial charge in [0.05, 0.1) is 6.54 Å². The van der Waals surface area contributed by atoms with E-state index in [1.54, 1.807) is 19.2 Å². The van der Waals surface area contributed by atoms with Crippen molar-refractivity contribution >= 4 is 35.8 Å². The maximum Gasteiger partial charge on any atom is 0.387 e. The van der Waals surface area contributed by atoms with Crippen LogP contribution in [0, 0.1) is 6.92 Å². The van der Waals surface area contributed by atoms with Crippen LogP contribution in [0.2, 0.25) is 0 Å². The van der Waals surface area contributed by atoms with Crippen molar-refractivity contribution in [2.75, 3.05) is 20.1 Å². The number of hydrogen-bond acceptors (Lipinski definition) is 3. The Morgan fingerprint density at radius 1 is 1.19 bits per heavy atom. The number of ether oxygens (including phenoxy) is 1. The van der Waals surface area contributed by atoms with E-state index < -0.39 is 6.61 Å². The molecule has 0 aromatic heterocycles. The van der Waals surface area contributed by atoms with Crippen LogP contribution < -0.4 is 15.4 Å². The molecule has 1 heterocycles. The minimum Gasteiger partial charge on any atom is -0.434 e. The monoisotopic (exact) mass is 544 g/mol. The molecule has 0 radical (unpaired) electrons. The van der Waals surface area contributed by atoms with Gasteiger partial charge in [-0.1, -0.05) is 42.0 Å². The number of aryl methyl sites for hydroxylation is 1. The first-order valence-electron chi connectivity index (χ1n) is 9.79. The summed E-state index contributed by atoms with van der Waals surface area (Å²) in [5.41, 5.74) is 3.96. The van der Waals surface area contributed by atoms with E-state index in [1.807, 2.05) is 30.0 Å². The fraction of sp³-hybridized carbons (Fsp3) is 0.364. The van der Waals surface area contributed by atoms with Gasteiger partial charge in [-0.3, -0.25) is 9.79 Å². The lowest BCUT2D eigenvalue weighted by Gasteiger charge is -2.29. The molecule has 0 unspecified atom stereocenters. The fourth-order valence-corrected chi connectivity index (χ4v) is 3.44. The summed E-state index contributed by atoms with van der Waals surface area (Å²) in [6.07, 6.45) is 0.842. The summed E-state index contributed by atoms with van der Waals surface area (Å²) >= 11 is 0. The van der Waals surface area contributed by atoms with E-state index in [4.69, 9.17) is 0 Å². The summed E-state index contributed by atoms with van der Waals surface area (Å²) < 4.78 is 29.8. The van der Waals surface area contributed by atoms with Crippen LogP contribution in [0.25, 0.3) is 0 Å². The predicted molar refractivity (Wildman–Crippen MR) is 127 cm³/mol. The van der Waals surface area contributed by atoms with Crippen molar-refractivity contribution in [3.05, 3.63) is 64.7 Å². The quantitative estimate of drug-likeness (QED) is 0.332. The first-order valence-corrected chi connectivity index (χ1v) is 9.79. The Morgan fingerprint density at radius 3 is 2.65 bits per heavy atom. The molecule has 0 aliphatic carbocycles. The molecule has 2 aromatic carbocycles.